The zero-order chi connectivity index (χ0) is 13.9. The molecule has 1 aliphatic carbocycles. The zero-order valence-electron chi connectivity index (χ0n) is 10.8. The third kappa shape index (κ3) is 3.44. The second-order valence-corrected chi connectivity index (χ2v) is 6.79. The molecule has 2 rings (SSSR count). The van der Waals surface area contributed by atoms with E-state index in [1.54, 1.807) is 0 Å². The van der Waals surface area contributed by atoms with Crippen LogP contribution in [0.1, 0.15) is 18.4 Å². The van der Waals surface area contributed by atoms with Crippen molar-refractivity contribution in [3.05, 3.63) is 47.4 Å². The highest BCUT2D eigenvalue weighted by Gasteiger charge is 2.50. The zero-order valence-corrected chi connectivity index (χ0v) is 11.6. The molecule has 0 spiro atoms. The smallest absolute Gasteiger partial charge is 0.230 e. The first-order valence-corrected chi connectivity index (χ1v) is 8.10. The van der Waals surface area contributed by atoms with Gasteiger partial charge in [0.1, 0.15) is 0 Å². The molecule has 1 fully saturated rings. The molecule has 1 amide bonds. The Kier molecular flexibility index (Phi) is 3.75. The Morgan fingerprint density at radius 3 is 2.47 bits per heavy atom. The first-order valence-electron chi connectivity index (χ1n) is 6.14. The highest BCUT2D eigenvalue weighted by Crippen LogP contribution is 2.48. The van der Waals surface area contributed by atoms with Crippen molar-refractivity contribution in [3.63, 3.8) is 0 Å². The summed E-state index contributed by atoms with van der Waals surface area (Å²) in [4.78, 5) is 12.2. The van der Waals surface area contributed by atoms with Crippen LogP contribution >= 0.6 is 0 Å². The van der Waals surface area contributed by atoms with Gasteiger partial charge in [-0.15, -0.1) is 0 Å². The second kappa shape index (κ2) is 5.17. The van der Waals surface area contributed by atoms with Gasteiger partial charge < -0.3 is 5.32 Å². The first kappa shape index (κ1) is 13.8. The summed E-state index contributed by atoms with van der Waals surface area (Å²) >= 11 is 0. The molecule has 1 saturated carbocycles. The van der Waals surface area contributed by atoms with Crippen LogP contribution in [0.4, 0.5) is 0 Å². The first-order chi connectivity index (χ1) is 8.94. The molecule has 0 heterocycles. The molecule has 0 atom stereocenters. The lowest BCUT2D eigenvalue weighted by Gasteiger charge is -2.14. The summed E-state index contributed by atoms with van der Waals surface area (Å²) in [5, 5.41) is 3.87. The fourth-order valence-electron chi connectivity index (χ4n) is 2.07. The summed E-state index contributed by atoms with van der Waals surface area (Å²) < 4.78 is 21.8. The number of rotatable bonds is 5. The van der Waals surface area contributed by atoms with Crippen LogP contribution in [-0.2, 0) is 20.0 Å². The van der Waals surface area contributed by atoms with Crippen molar-refractivity contribution in [2.45, 2.75) is 18.3 Å². The van der Waals surface area contributed by atoms with Crippen molar-refractivity contribution in [1.82, 2.24) is 5.32 Å². The second-order valence-electron chi connectivity index (χ2n) is 4.86. The van der Waals surface area contributed by atoms with E-state index in [0.29, 0.717) is 0 Å². The van der Waals surface area contributed by atoms with Crippen LogP contribution in [0.15, 0.2) is 41.8 Å². The summed E-state index contributed by atoms with van der Waals surface area (Å²) in [5.41, 5.74) is 0.625. The summed E-state index contributed by atoms with van der Waals surface area (Å²) in [5.74, 6) is -0.0307. The Labute approximate surface area is 113 Å². The fraction of sp³-hybridized carbons (Fsp3) is 0.357. The van der Waals surface area contributed by atoms with Gasteiger partial charge in [-0.3, -0.25) is 4.79 Å². The van der Waals surface area contributed by atoms with Crippen molar-refractivity contribution < 1.29 is 13.2 Å². The standard InChI is InChI=1S/C14H17NO3S/c1-19(17,18)11-5-10-15-13(16)14(8-9-14)12-6-3-2-4-7-12/h2-7,11H,8-10H2,1H3,(H,15,16)/b11-5+. The maximum atomic E-state index is 12.2. The molecule has 102 valence electrons. The molecule has 19 heavy (non-hydrogen) atoms. The van der Waals surface area contributed by atoms with Crippen molar-refractivity contribution in [1.29, 1.82) is 0 Å². The number of amides is 1. The van der Waals surface area contributed by atoms with Crippen LogP contribution in [0.5, 0.6) is 0 Å². The van der Waals surface area contributed by atoms with E-state index in [0.717, 1.165) is 30.1 Å². The Bertz CT molecular complexity index is 586. The molecule has 0 bridgehead atoms. The highest BCUT2D eigenvalue weighted by atomic mass is 32.2. The molecular weight excluding hydrogens is 262 g/mol. The van der Waals surface area contributed by atoms with Gasteiger partial charge in [-0.1, -0.05) is 36.4 Å². The van der Waals surface area contributed by atoms with E-state index in [4.69, 9.17) is 0 Å². The average molecular weight is 279 g/mol. The lowest BCUT2D eigenvalue weighted by Crippen LogP contribution is -2.34. The molecule has 0 radical (unpaired) electrons. The lowest BCUT2D eigenvalue weighted by atomic mass is 9.95. The van der Waals surface area contributed by atoms with Crippen LogP contribution in [0, 0.1) is 0 Å². The minimum Gasteiger partial charge on any atom is -0.352 e. The number of benzene rings is 1. The van der Waals surface area contributed by atoms with Crippen LogP contribution < -0.4 is 5.32 Å². The van der Waals surface area contributed by atoms with E-state index in [2.05, 4.69) is 5.32 Å². The Balaban J connectivity index is 1.96. The Morgan fingerprint density at radius 1 is 1.32 bits per heavy atom. The third-order valence-corrected chi connectivity index (χ3v) is 3.92. The van der Waals surface area contributed by atoms with E-state index in [-0.39, 0.29) is 12.5 Å². The van der Waals surface area contributed by atoms with Crippen LogP contribution in [0.25, 0.3) is 0 Å². The van der Waals surface area contributed by atoms with Crippen LogP contribution in [-0.4, -0.2) is 27.1 Å². The number of carbonyl (C=O) groups is 1. The predicted molar refractivity (Wildman–Crippen MR) is 74.3 cm³/mol. The molecule has 1 aromatic rings. The molecular formula is C14H17NO3S. The highest BCUT2D eigenvalue weighted by molar-refractivity contribution is 7.93. The average Bonchev–Trinajstić information content (AvgIpc) is 3.16. The van der Waals surface area contributed by atoms with E-state index < -0.39 is 15.3 Å². The van der Waals surface area contributed by atoms with Gasteiger partial charge in [0.05, 0.1) is 5.41 Å². The van der Waals surface area contributed by atoms with Crippen LogP contribution in [0.2, 0.25) is 0 Å². The van der Waals surface area contributed by atoms with Crippen molar-refractivity contribution in [3.8, 4) is 0 Å². The van der Waals surface area contributed by atoms with E-state index >= 15 is 0 Å². The largest absolute Gasteiger partial charge is 0.352 e. The third-order valence-electron chi connectivity index (χ3n) is 3.23. The molecule has 0 unspecified atom stereocenters. The van der Waals surface area contributed by atoms with Gasteiger partial charge >= 0.3 is 0 Å². The van der Waals surface area contributed by atoms with Gasteiger partial charge in [-0.25, -0.2) is 8.42 Å². The number of nitrogens with one attached hydrogen (secondary N) is 1. The SMILES string of the molecule is CS(=O)(=O)/C=C/CNC(=O)C1(c2ccccc2)CC1. The maximum absolute atomic E-state index is 12.2. The van der Waals surface area contributed by atoms with E-state index in [1.165, 1.54) is 6.08 Å². The summed E-state index contributed by atoms with van der Waals surface area (Å²) in [7, 11) is -3.13. The number of sulfone groups is 1. The monoisotopic (exact) mass is 279 g/mol. The Hall–Kier alpha value is -1.62. The van der Waals surface area contributed by atoms with Gasteiger partial charge in [0.15, 0.2) is 9.84 Å². The molecule has 4 nitrogen and oxygen atoms in total. The van der Waals surface area contributed by atoms with Crippen molar-refractivity contribution >= 4 is 15.7 Å². The fourth-order valence-corrected chi connectivity index (χ4v) is 2.52. The van der Waals surface area contributed by atoms with Crippen molar-refractivity contribution in [2.75, 3.05) is 12.8 Å². The van der Waals surface area contributed by atoms with Gasteiger partial charge in [0.2, 0.25) is 5.91 Å². The molecule has 0 saturated heterocycles. The van der Waals surface area contributed by atoms with Crippen molar-refractivity contribution in [2.24, 2.45) is 0 Å². The normalized spacial score (nSPS) is 17.3. The summed E-state index contributed by atoms with van der Waals surface area (Å²) in [6.45, 7) is 0.237. The number of hydrogen-bond donors (Lipinski definition) is 1. The maximum Gasteiger partial charge on any atom is 0.230 e. The lowest BCUT2D eigenvalue weighted by molar-refractivity contribution is -0.123. The molecule has 1 aromatic carbocycles. The minimum absolute atomic E-state index is 0.0307. The topological polar surface area (TPSA) is 63.2 Å². The summed E-state index contributed by atoms with van der Waals surface area (Å²) in [6, 6.07) is 9.68. The van der Waals surface area contributed by atoms with Gasteiger partial charge in [-0.2, -0.15) is 0 Å². The Morgan fingerprint density at radius 2 is 1.95 bits per heavy atom. The number of carbonyl (C=O) groups excluding carboxylic acids is 1. The van der Waals surface area contributed by atoms with Gasteiger partial charge in [0, 0.05) is 18.2 Å². The molecule has 1 N–H and O–H groups in total. The summed E-state index contributed by atoms with van der Waals surface area (Å²) in [6.07, 6.45) is 4.27. The van der Waals surface area contributed by atoms with Crippen LogP contribution in [0.3, 0.4) is 0 Å². The van der Waals surface area contributed by atoms with E-state index in [9.17, 15) is 13.2 Å². The van der Waals surface area contributed by atoms with Gasteiger partial charge in [0.25, 0.3) is 0 Å². The quantitative estimate of drug-likeness (QED) is 0.886. The minimum atomic E-state index is -3.13. The molecule has 1 aliphatic rings. The predicted octanol–water partition coefficient (Wildman–Crippen LogP) is 1.39. The molecule has 0 aromatic heterocycles. The van der Waals surface area contributed by atoms with E-state index in [1.807, 2.05) is 30.3 Å². The molecule has 5 heteroatoms. The van der Waals surface area contributed by atoms with Gasteiger partial charge in [-0.05, 0) is 18.4 Å². The molecule has 0 aliphatic heterocycles. The number of hydrogen-bond acceptors (Lipinski definition) is 3.